The summed E-state index contributed by atoms with van der Waals surface area (Å²) < 4.78 is 15.1. The highest BCUT2D eigenvalue weighted by atomic mass is 19.1. The van der Waals surface area contributed by atoms with Crippen LogP contribution in [0.5, 0.6) is 0 Å². The Morgan fingerprint density at radius 1 is 1.08 bits per heavy atom. The largest absolute Gasteiger partial charge is 0.323 e. The Morgan fingerprint density at radius 2 is 1.88 bits per heavy atom. The maximum atomic E-state index is 15.1. The number of anilines is 1. The van der Waals surface area contributed by atoms with Gasteiger partial charge in [-0.15, -0.1) is 0 Å². The first-order valence-corrected chi connectivity index (χ1v) is 8.67. The molecule has 5 rings (SSSR count). The molecule has 0 saturated heterocycles. The number of benzene rings is 3. The zero-order chi connectivity index (χ0) is 17.7. The van der Waals surface area contributed by atoms with E-state index in [2.05, 4.69) is 15.5 Å². The molecule has 128 valence electrons. The number of nitrogens with one attached hydrogen (secondary N) is 2. The minimum absolute atomic E-state index is 0.0226. The second kappa shape index (κ2) is 5.66. The Labute approximate surface area is 149 Å². The molecular weight excluding hydrogens is 329 g/mol. The van der Waals surface area contributed by atoms with Crippen molar-refractivity contribution in [3.63, 3.8) is 0 Å². The van der Waals surface area contributed by atoms with Crippen LogP contribution in [0.1, 0.15) is 12.8 Å². The van der Waals surface area contributed by atoms with Crippen molar-refractivity contribution in [2.24, 2.45) is 5.92 Å². The van der Waals surface area contributed by atoms with Crippen molar-refractivity contribution in [1.82, 2.24) is 10.2 Å². The molecule has 0 atom stereocenters. The lowest BCUT2D eigenvalue weighted by molar-refractivity contribution is -0.117. The molecule has 0 aliphatic heterocycles. The van der Waals surface area contributed by atoms with Crippen molar-refractivity contribution in [3.8, 4) is 11.3 Å². The van der Waals surface area contributed by atoms with Crippen molar-refractivity contribution >= 4 is 33.3 Å². The van der Waals surface area contributed by atoms with Crippen LogP contribution >= 0.6 is 0 Å². The molecule has 4 nitrogen and oxygen atoms in total. The second-order valence-corrected chi connectivity index (χ2v) is 6.75. The number of aromatic amines is 1. The molecule has 3 aromatic carbocycles. The first-order chi connectivity index (χ1) is 12.7. The molecule has 1 amide bonds. The topological polar surface area (TPSA) is 57.8 Å². The lowest BCUT2D eigenvalue weighted by Gasteiger charge is -2.07. The fourth-order valence-electron chi connectivity index (χ4n) is 3.30. The first-order valence-electron chi connectivity index (χ1n) is 8.67. The zero-order valence-electron chi connectivity index (χ0n) is 13.9. The quantitative estimate of drug-likeness (QED) is 0.556. The molecule has 1 aliphatic rings. The monoisotopic (exact) mass is 345 g/mol. The third kappa shape index (κ3) is 2.44. The van der Waals surface area contributed by atoms with Crippen LogP contribution in [0.2, 0.25) is 0 Å². The minimum Gasteiger partial charge on any atom is -0.323 e. The van der Waals surface area contributed by atoms with E-state index in [1.54, 1.807) is 12.1 Å². The van der Waals surface area contributed by atoms with Gasteiger partial charge in [-0.3, -0.25) is 9.89 Å². The van der Waals surface area contributed by atoms with Gasteiger partial charge < -0.3 is 5.32 Å². The van der Waals surface area contributed by atoms with Crippen LogP contribution in [0, 0.1) is 11.7 Å². The minimum atomic E-state index is -0.451. The van der Waals surface area contributed by atoms with Gasteiger partial charge >= 0.3 is 0 Å². The number of H-pyrrole nitrogens is 1. The fraction of sp³-hybridized carbons (Fsp3) is 0.143. The van der Waals surface area contributed by atoms with Gasteiger partial charge in [-0.2, -0.15) is 5.10 Å². The van der Waals surface area contributed by atoms with E-state index in [1.165, 1.54) is 0 Å². The molecule has 26 heavy (non-hydrogen) atoms. The Bertz CT molecular complexity index is 1160. The number of halogens is 1. The van der Waals surface area contributed by atoms with E-state index in [-0.39, 0.29) is 17.5 Å². The number of nitrogens with zero attached hydrogens (tertiary/aromatic N) is 1. The molecule has 1 heterocycles. The lowest BCUT2D eigenvalue weighted by Crippen LogP contribution is -2.14. The highest BCUT2D eigenvalue weighted by Crippen LogP contribution is 2.35. The van der Waals surface area contributed by atoms with E-state index >= 15 is 4.39 Å². The highest BCUT2D eigenvalue weighted by molar-refractivity contribution is 6.01. The lowest BCUT2D eigenvalue weighted by atomic mass is 10.0. The highest BCUT2D eigenvalue weighted by Gasteiger charge is 2.30. The van der Waals surface area contributed by atoms with Crippen LogP contribution in [0.4, 0.5) is 10.1 Å². The summed E-state index contributed by atoms with van der Waals surface area (Å²) in [6.07, 6.45) is 1.76. The smallest absolute Gasteiger partial charge is 0.227 e. The summed E-state index contributed by atoms with van der Waals surface area (Å²) in [6.45, 7) is 0. The fourth-order valence-corrected chi connectivity index (χ4v) is 3.30. The number of carbonyl (C=O) groups is 1. The van der Waals surface area contributed by atoms with E-state index < -0.39 is 5.82 Å². The number of hydrogen-bond donors (Lipinski definition) is 2. The summed E-state index contributed by atoms with van der Waals surface area (Å²) in [4.78, 5) is 12.0. The Balaban J connectivity index is 1.63. The molecule has 4 aromatic rings. The van der Waals surface area contributed by atoms with Gasteiger partial charge in [0.1, 0.15) is 5.69 Å². The van der Waals surface area contributed by atoms with Crippen LogP contribution in [-0.2, 0) is 4.79 Å². The van der Waals surface area contributed by atoms with E-state index in [9.17, 15) is 4.79 Å². The van der Waals surface area contributed by atoms with Gasteiger partial charge in [-0.05, 0) is 41.8 Å². The summed E-state index contributed by atoms with van der Waals surface area (Å²) in [5.74, 6) is -0.540. The van der Waals surface area contributed by atoms with Gasteiger partial charge in [0.2, 0.25) is 5.91 Å². The molecule has 1 aromatic heterocycles. The molecular formula is C21H16FN3O. The number of carbonyl (C=O) groups excluding carboxylic acids is 1. The van der Waals surface area contributed by atoms with E-state index in [1.807, 2.05) is 42.5 Å². The van der Waals surface area contributed by atoms with E-state index in [0.717, 1.165) is 29.2 Å². The molecule has 1 fully saturated rings. The predicted molar refractivity (Wildman–Crippen MR) is 100 cm³/mol. The second-order valence-electron chi connectivity index (χ2n) is 6.75. The molecule has 0 unspecified atom stereocenters. The number of amides is 1. The van der Waals surface area contributed by atoms with Gasteiger partial charge in [-0.1, -0.05) is 36.4 Å². The van der Waals surface area contributed by atoms with Crippen molar-refractivity contribution in [2.45, 2.75) is 12.8 Å². The normalized spacial score (nSPS) is 14.0. The number of rotatable bonds is 3. The third-order valence-electron chi connectivity index (χ3n) is 4.90. The van der Waals surface area contributed by atoms with Crippen molar-refractivity contribution in [2.75, 3.05) is 5.32 Å². The summed E-state index contributed by atoms with van der Waals surface area (Å²) in [7, 11) is 0. The van der Waals surface area contributed by atoms with Crippen molar-refractivity contribution < 1.29 is 9.18 Å². The summed E-state index contributed by atoms with van der Waals surface area (Å²) >= 11 is 0. The van der Waals surface area contributed by atoms with E-state index in [4.69, 9.17) is 0 Å². The average Bonchev–Trinajstić information content (AvgIpc) is 3.43. The Kier molecular flexibility index (Phi) is 3.28. The van der Waals surface area contributed by atoms with Gasteiger partial charge in [0.05, 0.1) is 16.6 Å². The zero-order valence-corrected chi connectivity index (χ0v) is 13.9. The standard InChI is InChI=1S/C21H16FN3O/c22-19-17(23-21(26)13-6-7-13)10-9-16-18(19)20(25-24-16)15-8-5-12-3-1-2-4-14(12)11-15/h1-5,8-11,13H,6-7H2,(H,23,26)(H,24,25). The van der Waals surface area contributed by atoms with Crippen LogP contribution in [0.3, 0.4) is 0 Å². The first kappa shape index (κ1) is 15.1. The molecule has 5 heteroatoms. The van der Waals surface area contributed by atoms with Gasteiger partial charge in [-0.25, -0.2) is 4.39 Å². The molecule has 2 N–H and O–H groups in total. The predicted octanol–water partition coefficient (Wildman–Crippen LogP) is 4.87. The van der Waals surface area contributed by atoms with Crippen LogP contribution in [-0.4, -0.2) is 16.1 Å². The summed E-state index contributed by atoms with van der Waals surface area (Å²) in [5, 5.41) is 12.5. The Morgan fingerprint density at radius 3 is 2.69 bits per heavy atom. The molecule has 0 bridgehead atoms. The molecule has 0 radical (unpaired) electrons. The maximum Gasteiger partial charge on any atom is 0.227 e. The molecule has 0 spiro atoms. The molecule has 1 aliphatic carbocycles. The van der Waals surface area contributed by atoms with E-state index in [0.29, 0.717) is 16.6 Å². The van der Waals surface area contributed by atoms with Gasteiger partial charge in [0, 0.05) is 11.5 Å². The summed E-state index contributed by atoms with van der Waals surface area (Å²) in [6, 6.07) is 17.3. The van der Waals surface area contributed by atoms with Gasteiger partial charge in [0.25, 0.3) is 0 Å². The number of hydrogen-bond acceptors (Lipinski definition) is 2. The van der Waals surface area contributed by atoms with Crippen LogP contribution in [0.25, 0.3) is 32.9 Å². The number of aromatic nitrogens is 2. The van der Waals surface area contributed by atoms with Crippen molar-refractivity contribution in [3.05, 3.63) is 60.4 Å². The molecule has 1 saturated carbocycles. The van der Waals surface area contributed by atoms with Crippen LogP contribution in [0.15, 0.2) is 54.6 Å². The third-order valence-corrected chi connectivity index (χ3v) is 4.90. The van der Waals surface area contributed by atoms with Crippen LogP contribution < -0.4 is 5.32 Å². The maximum absolute atomic E-state index is 15.1. The average molecular weight is 345 g/mol. The Hall–Kier alpha value is -3.21. The summed E-state index contributed by atoms with van der Waals surface area (Å²) in [5.41, 5.74) is 2.19. The van der Waals surface area contributed by atoms with Gasteiger partial charge in [0.15, 0.2) is 5.82 Å². The number of fused-ring (bicyclic) bond motifs is 2. The SMILES string of the molecule is O=C(Nc1ccc2[nH]nc(-c3ccc4ccccc4c3)c2c1F)C1CC1. The van der Waals surface area contributed by atoms with Crippen molar-refractivity contribution in [1.29, 1.82) is 0 Å².